The molecule has 0 aliphatic heterocycles. The smallest absolute Gasteiger partial charge is 0.339 e. The Morgan fingerprint density at radius 2 is 2.00 bits per heavy atom. The number of hydrogen-bond donors (Lipinski definition) is 1. The van der Waals surface area contributed by atoms with Crippen molar-refractivity contribution in [3.05, 3.63) is 29.7 Å². The fourth-order valence-corrected chi connectivity index (χ4v) is 3.07. The summed E-state index contributed by atoms with van der Waals surface area (Å²) in [7, 11) is 0. The highest BCUT2D eigenvalue weighted by Crippen LogP contribution is 2.28. The predicted molar refractivity (Wildman–Crippen MR) is 75.9 cm³/mol. The molecule has 0 spiro atoms. The van der Waals surface area contributed by atoms with E-state index in [4.69, 9.17) is 9.52 Å². The van der Waals surface area contributed by atoms with Gasteiger partial charge in [-0.05, 0) is 30.9 Å². The van der Waals surface area contributed by atoms with Gasteiger partial charge in [-0.3, -0.25) is 0 Å². The van der Waals surface area contributed by atoms with E-state index in [-0.39, 0.29) is 5.56 Å². The molecule has 1 fully saturated rings. The van der Waals surface area contributed by atoms with Crippen molar-refractivity contribution in [1.29, 1.82) is 0 Å². The molecule has 1 aliphatic carbocycles. The fourth-order valence-electron chi connectivity index (χ4n) is 3.07. The summed E-state index contributed by atoms with van der Waals surface area (Å²) >= 11 is 0. The molecule has 1 saturated carbocycles. The molecule has 0 atom stereocenters. The largest absolute Gasteiger partial charge is 0.478 e. The number of aromatic nitrogens is 1. The van der Waals surface area contributed by atoms with Crippen molar-refractivity contribution in [2.75, 3.05) is 0 Å². The molecule has 20 heavy (non-hydrogen) atoms. The summed E-state index contributed by atoms with van der Waals surface area (Å²) in [6.07, 6.45) is 8.50. The van der Waals surface area contributed by atoms with Gasteiger partial charge in [0, 0.05) is 6.42 Å². The summed E-state index contributed by atoms with van der Waals surface area (Å²) in [4.78, 5) is 15.6. The highest BCUT2D eigenvalue weighted by Gasteiger charge is 2.18. The van der Waals surface area contributed by atoms with E-state index in [2.05, 4.69) is 4.98 Å². The maximum Gasteiger partial charge on any atom is 0.339 e. The first-order chi connectivity index (χ1) is 9.74. The van der Waals surface area contributed by atoms with Gasteiger partial charge in [0.25, 0.3) is 0 Å². The average Bonchev–Trinajstić information content (AvgIpc) is 2.65. The Kier molecular flexibility index (Phi) is 3.72. The Morgan fingerprint density at radius 1 is 1.25 bits per heavy atom. The minimum absolute atomic E-state index is 0.196. The van der Waals surface area contributed by atoms with E-state index in [0.29, 0.717) is 22.9 Å². The van der Waals surface area contributed by atoms with Crippen molar-refractivity contribution in [1.82, 2.24) is 4.98 Å². The first-order valence-corrected chi connectivity index (χ1v) is 7.36. The Balaban J connectivity index is 1.85. The summed E-state index contributed by atoms with van der Waals surface area (Å²) in [5, 5.41) is 9.16. The number of para-hydroxylation sites is 1. The van der Waals surface area contributed by atoms with Crippen molar-refractivity contribution >= 4 is 17.1 Å². The van der Waals surface area contributed by atoms with Crippen LogP contribution in [0.5, 0.6) is 0 Å². The molecule has 1 heterocycles. The van der Waals surface area contributed by atoms with Crippen LogP contribution in [-0.4, -0.2) is 16.1 Å². The minimum Gasteiger partial charge on any atom is -0.478 e. The van der Waals surface area contributed by atoms with Crippen LogP contribution in [0.25, 0.3) is 11.1 Å². The van der Waals surface area contributed by atoms with Gasteiger partial charge in [-0.25, -0.2) is 9.78 Å². The molecule has 0 unspecified atom stereocenters. The zero-order chi connectivity index (χ0) is 13.9. The first kappa shape index (κ1) is 13.2. The van der Waals surface area contributed by atoms with Gasteiger partial charge in [0.1, 0.15) is 11.1 Å². The van der Waals surface area contributed by atoms with E-state index in [1.54, 1.807) is 12.1 Å². The lowest BCUT2D eigenvalue weighted by atomic mass is 9.97. The van der Waals surface area contributed by atoms with Crippen molar-refractivity contribution < 1.29 is 14.3 Å². The Hall–Kier alpha value is -1.84. The molecule has 1 aliphatic rings. The van der Waals surface area contributed by atoms with E-state index < -0.39 is 5.97 Å². The number of carboxylic acids is 1. The number of benzene rings is 1. The molecule has 0 bridgehead atoms. The molecule has 1 N–H and O–H groups in total. The number of rotatable bonds is 3. The van der Waals surface area contributed by atoms with E-state index in [1.807, 2.05) is 6.07 Å². The Morgan fingerprint density at radius 3 is 2.70 bits per heavy atom. The number of carboxylic acid groups (broad SMARTS) is 1. The normalized spacial score (nSPS) is 17.2. The van der Waals surface area contributed by atoms with Gasteiger partial charge in [0.2, 0.25) is 0 Å². The Labute approximate surface area is 117 Å². The topological polar surface area (TPSA) is 63.3 Å². The summed E-state index contributed by atoms with van der Waals surface area (Å²) < 4.78 is 5.71. The summed E-state index contributed by atoms with van der Waals surface area (Å²) in [5.74, 6) is 0.340. The number of oxazole rings is 1. The fraction of sp³-hybridized carbons (Fsp3) is 0.500. The van der Waals surface area contributed by atoms with Crippen LogP contribution in [0.3, 0.4) is 0 Å². The maximum atomic E-state index is 11.2. The monoisotopic (exact) mass is 273 g/mol. The third-order valence-corrected chi connectivity index (χ3v) is 4.13. The molecule has 0 radical (unpaired) electrons. The highest BCUT2D eigenvalue weighted by atomic mass is 16.4. The molecule has 106 valence electrons. The molecular weight excluding hydrogens is 254 g/mol. The van der Waals surface area contributed by atoms with E-state index in [9.17, 15) is 4.79 Å². The molecule has 0 amide bonds. The number of carbonyl (C=O) groups is 1. The van der Waals surface area contributed by atoms with Crippen LogP contribution in [0, 0.1) is 5.92 Å². The second kappa shape index (κ2) is 5.65. The zero-order valence-corrected chi connectivity index (χ0v) is 11.5. The molecule has 4 heteroatoms. The molecule has 2 aromatic rings. The van der Waals surface area contributed by atoms with Crippen LogP contribution >= 0.6 is 0 Å². The molecule has 0 saturated heterocycles. The summed E-state index contributed by atoms with van der Waals surface area (Å²) in [5.41, 5.74) is 1.25. The number of nitrogens with zero attached hydrogens (tertiary/aromatic N) is 1. The molecule has 3 rings (SSSR count). The third-order valence-electron chi connectivity index (χ3n) is 4.13. The van der Waals surface area contributed by atoms with Gasteiger partial charge in [-0.15, -0.1) is 0 Å². The van der Waals surface area contributed by atoms with Crippen LogP contribution in [0.1, 0.15) is 54.8 Å². The second-order valence-corrected chi connectivity index (χ2v) is 5.63. The molecular formula is C16H19NO3. The van der Waals surface area contributed by atoms with Crippen LogP contribution in [0.15, 0.2) is 22.6 Å². The van der Waals surface area contributed by atoms with Crippen LogP contribution in [0.2, 0.25) is 0 Å². The molecule has 1 aromatic heterocycles. The average molecular weight is 273 g/mol. The molecule has 4 nitrogen and oxygen atoms in total. The summed E-state index contributed by atoms with van der Waals surface area (Å²) in [6.45, 7) is 0. The standard InChI is InChI=1S/C16H19NO3/c18-16(19)12-8-5-9-13-15(12)20-14(17-13)10-11-6-3-1-2-4-7-11/h5,8-9,11H,1-4,6-7,10H2,(H,18,19). The lowest BCUT2D eigenvalue weighted by Crippen LogP contribution is -2.03. The van der Waals surface area contributed by atoms with Gasteiger partial charge in [-0.1, -0.05) is 31.7 Å². The number of aromatic carboxylic acids is 1. The van der Waals surface area contributed by atoms with E-state index in [0.717, 1.165) is 6.42 Å². The van der Waals surface area contributed by atoms with Gasteiger partial charge < -0.3 is 9.52 Å². The zero-order valence-electron chi connectivity index (χ0n) is 11.5. The van der Waals surface area contributed by atoms with Crippen LogP contribution in [-0.2, 0) is 6.42 Å². The highest BCUT2D eigenvalue weighted by molar-refractivity contribution is 5.99. The van der Waals surface area contributed by atoms with Gasteiger partial charge >= 0.3 is 5.97 Å². The number of hydrogen-bond acceptors (Lipinski definition) is 3. The quantitative estimate of drug-likeness (QED) is 0.857. The van der Waals surface area contributed by atoms with Crippen LogP contribution < -0.4 is 0 Å². The third kappa shape index (κ3) is 2.69. The summed E-state index contributed by atoms with van der Waals surface area (Å²) in [6, 6.07) is 5.08. The molecule has 1 aromatic carbocycles. The number of fused-ring (bicyclic) bond motifs is 1. The van der Waals surface area contributed by atoms with Crippen molar-refractivity contribution in [3.63, 3.8) is 0 Å². The predicted octanol–water partition coefficient (Wildman–Crippen LogP) is 4.04. The maximum absolute atomic E-state index is 11.2. The second-order valence-electron chi connectivity index (χ2n) is 5.63. The lowest BCUT2D eigenvalue weighted by Gasteiger charge is -2.10. The first-order valence-electron chi connectivity index (χ1n) is 7.36. The van der Waals surface area contributed by atoms with E-state index in [1.165, 1.54) is 38.5 Å². The van der Waals surface area contributed by atoms with E-state index >= 15 is 0 Å². The van der Waals surface area contributed by atoms with Gasteiger partial charge in [0.15, 0.2) is 11.5 Å². The lowest BCUT2D eigenvalue weighted by molar-refractivity contribution is 0.0698. The van der Waals surface area contributed by atoms with Gasteiger partial charge in [-0.2, -0.15) is 0 Å². The van der Waals surface area contributed by atoms with Crippen molar-refractivity contribution in [2.45, 2.75) is 44.9 Å². The van der Waals surface area contributed by atoms with Gasteiger partial charge in [0.05, 0.1) is 0 Å². The Bertz CT molecular complexity index is 609. The van der Waals surface area contributed by atoms with Crippen molar-refractivity contribution in [2.24, 2.45) is 5.92 Å². The SMILES string of the molecule is O=C(O)c1cccc2nc(CC3CCCCCC3)oc12. The van der Waals surface area contributed by atoms with Crippen LogP contribution in [0.4, 0.5) is 0 Å². The van der Waals surface area contributed by atoms with Crippen molar-refractivity contribution in [3.8, 4) is 0 Å². The minimum atomic E-state index is -0.965.